The average Bonchev–Trinajstić information content (AvgIpc) is 2.55. The largest absolute Gasteiger partial charge is 0.478 e. The van der Waals surface area contributed by atoms with Gasteiger partial charge in [0.25, 0.3) is 0 Å². The van der Waals surface area contributed by atoms with Crippen LogP contribution in [0, 0.1) is 0 Å². The zero-order valence-electron chi connectivity index (χ0n) is 13.0. The average molecular weight is 320 g/mol. The molecule has 7 nitrogen and oxygen atoms in total. The van der Waals surface area contributed by atoms with E-state index in [9.17, 15) is 14.4 Å². The molecule has 2 amide bonds. The third-order valence-electron chi connectivity index (χ3n) is 3.75. The molecule has 2 rings (SSSR count). The van der Waals surface area contributed by atoms with Crippen LogP contribution in [0.25, 0.3) is 0 Å². The first-order valence-corrected chi connectivity index (χ1v) is 7.39. The number of aromatic carboxylic acids is 1. The summed E-state index contributed by atoms with van der Waals surface area (Å²) in [5, 5.41) is 9.14. The van der Waals surface area contributed by atoms with Gasteiger partial charge in [0.05, 0.1) is 31.7 Å². The molecule has 0 saturated carbocycles. The number of rotatable bonds is 5. The van der Waals surface area contributed by atoms with Gasteiger partial charge in [0, 0.05) is 20.1 Å². The normalized spacial score (nSPS) is 14.4. The number of amides is 2. The number of ether oxygens (including phenoxy) is 1. The number of carboxylic acid groups (broad SMARTS) is 1. The second-order valence-electron chi connectivity index (χ2n) is 5.38. The topological polar surface area (TPSA) is 87.2 Å². The molecule has 0 bridgehead atoms. The minimum Gasteiger partial charge on any atom is -0.478 e. The van der Waals surface area contributed by atoms with E-state index in [-0.39, 0.29) is 30.3 Å². The van der Waals surface area contributed by atoms with Crippen LogP contribution in [-0.2, 0) is 20.7 Å². The van der Waals surface area contributed by atoms with E-state index in [4.69, 9.17) is 9.84 Å². The Kier molecular flexibility index (Phi) is 5.70. The number of nitrogens with zero attached hydrogens (tertiary/aromatic N) is 2. The minimum absolute atomic E-state index is 0.0198. The molecule has 124 valence electrons. The van der Waals surface area contributed by atoms with Gasteiger partial charge in [-0.1, -0.05) is 18.2 Å². The number of hydrogen-bond donors (Lipinski definition) is 1. The zero-order chi connectivity index (χ0) is 16.8. The highest BCUT2D eigenvalue weighted by atomic mass is 16.5. The first-order chi connectivity index (χ1) is 11.0. The predicted octanol–water partition coefficient (Wildman–Crippen LogP) is 0.245. The van der Waals surface area contributed by atoms with Crippen LogP contribution in [0.3, 0.4) is 0 Å². The fourth-order valence-electron chi connectivity index (χ4n) is 2.38. The van der Waals surface area contributed by atoms with Gasteiger partial charge in [0.15, 0.2) is 0 Å². The Morgan fingerprint density at radius 2 is 1.87 bits per heavy atom. The van der Waals surface area contributed by atoms with E-state index < -0.39 is 5.97 Å². The Bertz CT molecular complexity index is 596. The molecule has 1 aliphatic rings. The van der Waals surface area contributed by atoms with E-state index in [0.717, 1.165) is 0 Å². The zero-order valence-corrected chi connectivity index (χ0v) is 13.0. The number of carboxylic acids is 1. The molecule has 23 heavy (non-hydrogen) atoms. The lowest BCUT2D eigenvalue weighted by molar-refractivity contribution is -0.141. The van der Waals surface area contributed by atoms with Crippen molar-refractivity contribution in [1.29, 1.82) is 0 Å². The van der Waals surface area contributed by atoms with Crippen LogP contribution in [0.4, 0.5) is 0 Å². The molecule has 1 aromatic rings. The lowest BCUT2D eigenvalue weighted by Crippen LogP contribution is -2.46. The molecule has 0 aliphatic carbocycles. The van der Waals surface area contributed by atoms with Crippen LogP contribution in [0.2, 0.25) is 0 Å². The van der Waals surface area contributed by atoms with E-state index in [1.54, 1.807) is 30.1 Å². The molecular formula is C16H20N2O5. The van der Waals surface area contributed by atoms with Crippen LogP contribution in [0.1, 0.15) is 15.9 Å². The van der Waals surface area contributed by atoms with E-state index >= 15 is 0 Å². The summed E-state index contributed by atoms with van der Waals surface area (Å²) in [5.41, 5.74) is 0.546. The van der Waals surface area contributed by atoms with Gasteiger partial charge in [0.2, 0.25) is 11.8 Å². The smallest absolute Gasteiger partial charge is 0.335 e. The summed E-state index contributed by atoms with van der Waals surface area (Å²) >= 11 is 0. The maximum atomic E-state index is 12.2. The van der Waals surface area contributed by atoms with Crippen LogP contribution in [0.15, 0.2) is 24.3 Å². The quantitative estimate of drug-likeness (QED) is 0.840. The summed E-state index contributed by atoms with van der Waals surface area (Å²) in [5.74, 6) is -1.49. The fraction of sp³-hybridized carbons (Fsp3) is 0.438. The Morgan fingerprint density at radius 1 is 1.22 bits per heavy atom. The molecule has 1 heterocycles. The number of carbonyl (C=O) groups is 3. The number of benzene rings is 1. The monoisotopic (exact) mass is 320 g/mol. The fourth-order valence-corrected chi connectivity index (χ4v) is 2.38. The van der Waals surface area contributed by atoms with Gasteiger partial charge < -0.3 is 19.6 Å². The first-order valence-electron chi connectivity index (χ1n) is 7.39. The summed E-state index contributed by atoms with van der Waals surface area (Å²) in [6, 6.07) is 6.37. The Balaban J connectivity index is 1.95. The number of carbonyl (C=O) groups excluding carboxylic acids is 2. The van der Waals surface area contributed by atoms with Crippen molar-refractivity contribution in [3.63, 3.8) is 0 Å². The van der Waals surface area contributed by atoms with Crippen molar-refractivity contribution in [3.05, 3.63) is 35.4 Å². The van der Waals surface area contributed by atoms with Crippen molar-refractivity contribution in [1.82, 2.24) is 9.80 Å². The molecule has 7 heteroatoms. The minimum atomic E-state index is -1.07. The van der Waals surface area contributed by atoms with Crippen molar-refractivity contribution in [3.8, 4) is 0 Å². The lowest BCUT2D eigenvalue weighted by Gasteiger charge is -2.28. The van der Waals surface area contributed by atoms with Crippen LogP contribution < -0.4 is 0 Å². The first kappa shape index (κ1) is 17.0. The van der Waals surface area contributed by atoms with E-state index in [0.29, 0.717) is 31.9 Å². The lowest BCUT2D eigenvalue weighted by atomic mass is 10.0. The molecule has 1 fully saturated rings. The maximum Gasteiger partial charge on any atom is 0.335 e. The number of morpholine rings is 1. The highest BCUT2D eigenvalue weighted by Crippen LogP contribution is 2.11. The van der Waals surface area contributed by atoms with Crippen molar-refractivity contribution in [2.24, 2.45) is 0 Å². The van der Waals surface area contributed by atoms with Crippen LogP contribution in [-0.4, -0.2) is 72.6 Å². The molecule has 0 radical (unpaired) electrons. The summed E-state index contributed by atoms with van der Waals surface area (Å²) in [4.78, 5) is 38.5. The van der Waals surface area contributed by atoms with Gasteiger partial charge in [-0.15, -0.1) is 0 Å². The summed E-state index contributed by atoms with van der Waals surface area (Å²) in [6.07, 6.45) is -0.0463. The highest BCUT2D eigenvalue weighted by Gasteiger charge is 2.21. The molecule has 0 spiro atoms. The molecule has 1 saturated heterocycles. The Labute approximate surface area is 134 Å². The van der Waals surface area contributed by atoms with Crippen molar-refractivity contribution < 1.29 is 24.2 Å². The molecule has 0 aromatic heterocycles. The van der Waals surface area contributed by atoms with Gasteiger partial charge in [-0.25, -0.2) is 4.79 Å². The molecule has 0 atom stereocenters. The Hall–Kier alpha value is -2.41. The van der Waals surface area contributed by atoms with Crippen molar-refractivity contribution in [2.75, 3.05) is 39.9 Å². The number of hydrogen-bond acceptors (Lipinski definition) is 4. The maximum absolute atomic E-state index is 12.2. The molecule has 1 aliphatic heterocycles. The van der Waals surface area contributed by atoms with E-state index in [2.05, 4.69) is 0 Å². The van der Waals surface area contributed by atoms with Crippen molar-refractivity contribution >= 4 is 17.8 Å². The van der Waals surface area contributed by atoms with Gasteiger partial charge in [-0.3, -0.25) is 9.59 Å². The highest BCUT2D eigenvalue weighted by molar-refractivity contribution is 5.92. The standard InChI is InChI=1S/C16H20N2O5/c1-17(11-15(20)18-6-8-23-9-7-18)14(19)10-12-4-2-3-5-13(12)16(21)22/h2-5H,6-11H2,1H3,(H,21,22). The van der Waals surface area contributed by atoms with Gasteiger partial charge >= 0.3 is 5.97 Å². The summed E-state index contributed by atoms with van der Waals surface area (Å²) in [6.45, 7) is 2.06. The number of likely N-dealkylation sites (N-methyl/N-ethyl adjacent to an activating group) is 1. The van der Waals surface area contributed by atoms with Gasteiger partial charge in [0.1, 0.15) is 0 Å². The molecule has 1 aromatic carbocycles. The van der Waals surface area contributed by atoms with E-state index in [1.165, 1.54) is 11.0 Å². The van der Waals surface area contributed by atoms with Crippen LogP contribution >= 0.6 is 0 Å². The molecule has 0 unspecified atom stereocenters. The second kappa shape index (κ2) is 7.73. The molecule has 1 N–H and O–H groups in total. The predicted molar refractivity (Wildman–Crippen MR) is 82.1 cm³/mol. The summed E-state index contributed by atoms with van der Waals surface area (Å²) in [7, 11) is 1.55. The third kappa shape index (κ3) is 4.53. The van der Waals surface area contributed by atoms with Crippen molar-refractivity contribution in [2.45, 2.75) is 6.42 Å². The van der Waals surface area contributed by atoms with E-state index in [1.807, 2.05) is 0 Å². The van der Waals surface area contributed by atoms with Gasteiger partial charge in [-0.05, 0) is 11.6 Å². The molecular weight excluding hydrogens is 300 g/mol. The second-order valence-corrected chi connectivity index (χ2v) is 5.38. The third-order valence-corrected chi connectivity index (χ3v) is 3.75. The SMILES string of the molecule is CN(CC(=O)N1CCOCC1)C(=O)Cc1ccccc1C(=O)O. The Morgan fingerprint density at radius 3 is 2.52 bits per heavy atom. The van der Waals surface area contributed by atoms with Crippen LogP contribution in [0.5, 0.6) is 0 Å². The van der Waals surface area contributed by atoms with Gasteiger partial charge in [-0.2, -0.15) is 0 Å². The summed E-state index contributed by atoms with van der Waals surface area (Å²) < 4.78 is 5.19.